The first kappa shape index (κ1) is 22.1. The molecule has 1 saturated heterocycles. The van der Waals surface area contributed by atoms with Gasteiger partial charge in [0, 0.05) is 18.9 Å². The summed E-state index contributed by atoms with van der Waals surface area (Å²) in [6, 6.07) is 11.9. The van der Waals surface area contributed by atoms with Crippen LogP contribution in [0.25, 0.3) is 11.1 Å². The van der Waals surface area contributed by atoms with Crippen molar-refractivity contribution in [1.29, 1.82) is 0 Å². The SMILES string of the molecule is CCO/N=C(\N)Cc1ccc(-c2ccc(N3C[C@H](CNC(C)=O)OC3=O)cc2F)cc1. The van der Waals surface area contributed by atoms with Crippen molar-refractivity contribution in [3.05, 3.63) is 53.8 Å². The second-order valence-electron chi connectivity index (χ2n) is 7.09. The van der Waals surface area contributed by atoms with E-state index in [4.69, 9.17) is 15.3 Å². The molecule has 3 N–H and O–H groups in total. The molecule has 2 aromatic carbocycles. The van der Waals surface area contributed by atoms with E-state index in [1.54, 1.807) is 24.3 Å². The minimum absolute atomic E-state index is 0.208. The molecule has 0 unspecified atom stereocenters. The Hall–Kier alpha value is -3.62. The number of amides is 2. The number of nitrogens with one attached hydrogen (secondary N) is 1. The van der Waals surface area contributed by atoms with Gasteiger partial charge in [-0.3, -0.25) is 9.69 Å². The fraction of sp³-hybridized carbons (Fsp3) is 0.318. The Morgan fingerprint density at radius 3 is 2.71 bits per heavy atom. The number of hydrogen-bond donors (Lipinski definition) is 2. The molecule has 0 aromatic heterocycles. The van der Waals surface area contributed by atoms with Crippen LogP contribution in [-0.2, 0) is 20.8 Å². The molecular weight excluding hydrogens is 403 g/mol. The molecule has 0 saturated carbocycles. The summed E-state index contributed by atoms with van der Waals surface area (Å²) in [6.07, 6.45) is -0.623. The summed E-state index contributed by atoms with van der Waals surface area (Å²) in [7, 11) is 0. The summed E-state index contributed by atoms with van der Waals surface area (Å²) in [5.41, 5.74) is 8.22. The van der Waals surface area contributed by atoms with Crippen molar-refractivity contribution in [3.8, 4) is 11.1 Å². The number of halogens is 1. The van der Waals surface area contributed by atoms with Gasteiger partial charge in [-0.25, -0.2) is 9.18 Å². The van der Waals surface area contributed by atoms with Crippen molar-refractivity contribution in [2.45, 2.75) is 26.4 Å². The van der Waals surface area contributed by atoms with E-state index in [1.165, 1.54) is 17.9 Å². The molecule has 0 spiro atoms. The van der Waals surface area contributed by atoms with Gasteiger partial charge in [-0.1, -0.05) is 29.4 Å². The van der Waals surface area contributed by atoms with Gasteiger partial charge in [-0.15, -0.1) is 0 Å². The van der Waals surface area contributed by atoms with Crippen LogP contribution in [0.15, 0.2) is 47.6 Å². The van der Waals surface area contributed by atoms with Crippen LogP contribution in [0.2, 0.25) is 0 Å². The summed E-state index contributed by atoms with van der Waals surface area (Å²) in [5.74, 6) is -0.305. The summed E-state index contributed by atoms with van der Waals surface area (Å²) < 4.78 is 20.0. The maximum Gasteiger partial charge on any atom is 0.414 e. The van der Waals surface area contributed by atoms with Crippen LogP contribution in [0, 0.1) is 5.82 Å². The van der Waals surface area contributed by atoms with E-state index in [9.17, 15) is 14.0 Å². The zero-order chi connectivity index (χ0) is 22.4. The van der Waals surface area contributed by atoms with Crippen LogP contribution in [-0.4, -0.2) is 43.6 Å². The van der Waals surface area contributed by atoms with Crippen molar-refractivity contribution in [2.75, 3.05) is 24.6 Å². The normalized spacial score (nSPS) is 16.2. The van der Waals surface area contributed by atoms with Crippen LogP contribution in [0.1, 0.15) is 19.4 Å². The molecule has 0 bridgehead atoms. The molecule has 0 radical (unpaired) electrons. The van der Waals surface area contributed by atoms with Crippen molar-refractivity contribution < 1.29 is 23.6 Å². The highest BCUT2D eigenvalue weighted by atomic mass is 19.1. The van der Waals surface area contributed by atoms with Gasteiger partial charge in [-0.2, -0.15) is 0 Å². The standard InChI is InChI=1S/C22H25FN4O4/c1-3-30-26-21(24)10-15-4-6-16(7-5-15)19-9-8-17(11-20(19)23)27-13-18(31-22(27)29)12-25-14(2)28/h4-9,11,18H,3,10,12-13H2,1-2H3,(H2,24,26)(H,25,28)/t18-/m0/s1. The first-order valence-electron chi connectivity index (χ1n) is 9.93. The number of carbonyl (C=O) groups excluding carboxylic acids is 2. The molecule has 3 rings (SSSR count). The monoisotopic (exact) mass is 428 g/mol. The molecule has 164 valence electrons. The van der Waals surface area contributed by atoms with E-state index in [0.717, 1.165) is 5.56 Å². The summed E-state index contributed by atoms with van der Waals surface area (Å²) in [6.45, 7) is 4.10. The van der Waals surface area contributed by atoms with Crippen LogP contribution < -0.4 is 16.0 Å². The molecule has 31 heavy (non-hydrogen) atoms. The molecule has 8 nitrogen and oxygen atoms in total. The van der Waals surface area contributed by atoms with Gasteiger partial charge in [0.25, 0.3) is 0 Å². The minimum atomic E-state index is -0.571. The zero-order valence-corrected chi connectivity index (χ0v) is 17.4. The van der Waals surface area contributed by atoms with E-state index in [1.807, 2.05) is 19.1 Å². The Morgan fingerprint density at radius 2 is 2.06 bits per heavy atom. The third-order valence-corrected chi connectivity index (χ3v) is 4.68. The summed E-state index contributed by atoms with van der Waals surface area (Å²) in [5, 5.41) is 6.39. The quantitative estimate of drug-likeness (QED) is 0.382. The number of benzene rings is 2. The van der Waals surface area contributed by atoms with Crippen LogP contribution in [0.5, 0.6) is 0 Å². The maximum absolute atomic E-state index is 14.8. The number of oxime groups is 1. The number of cyclic esters (lactones) is 1. The number of hydrogen-bond acceptors (Lipinski definition) is 5. The number of nitrogens with zero attached hydrogens (tertiary/aromatic N) is 2. The zero-order valence-electron chi connectivity index (χ0n) is 17.4. The lowest BCUT2D eigenvalue weighted by atomic mass is 10.0. The Kier molecular flexibility index (Phi) is 7.07. The average Bonchev–Trinajstić information content (AvgIpc) is 3.12. The molecular formula is C22H25FN4O4. The molecule has 1 aliphatic rings. The first-order chi connectivity index (χ1) is 14.9. The van der Waals surface area contributed by atoms with Gasteiger partial charge < -0.3 is 20.6 Å². The Balaban J connectivity index is 1.69. The highest BCUT2D eigenvalue weighted by Gasteiger charge is 2.32. The largest absolute Gasteiger partial charge is 0.442 e. The summed E-state index contributed by atoms with van der Waals surface area (Å²) in [4.78, 5) is 29.4. The van der Waals surface area contributed by atoms with Crippen molar-refractivity contribution in [3.63, 3.8) is 0 Å². The van der Waals surface area contributed by atoms with E-state index in [2.05, 4.69) is 10.5 Å². The van der Waals surface area contributed by atoms with E-state index in [-0.39, 0.29) is 19.0 Å². The lowest BCUT2D eigenvalue weighted by Gasteiger charge is -2.14. The van der Waals surface area contributed by atoms with Gasteiger partial charge in [0.2, 0.25) is 5.91 Å². The molecule has 2 amide bonds. The molecule has 1 heterocycles. The fourth-order valence-corrected chi connectivity index (χ4v) is 3.19. The minimum Gasteiger partial charge on any atom is -0.442 e. The van der Waals surface area contributed by atoms with Gasteiger partial charge >= 0.3 is 6.09 Å². The maximum atomic E-state index is 14.8. The topological polar surface area (TPSA) is 106 Å². The molecule has 2 aromatic rings. The smallest absolute Gasteiger partial charge is 0.414 e. The highest BCUT2D eigenvalue weighted by Crippen LogP contribution is 2.29. The van der Waals surface area contributed by atoms with Gasteiger partial charge in [0.15, 0.2) is 0 Å². The Bertz CT molecular complexity index is 978. The molecule has 1 aliphatic heterocycles. The lowest BCUT2D eigenvalue weighted by molar-refractivity contribution is -0.119. The van der Waals surface area contributed by atoms with Crippen LogP contribution in [0.4, 0.5) is 14.9 Å². The third kappa shape index (κ3) is 5.71. The second-order valence-corrected chi connectivity index (χ2v) is 7.09. The molecule has 1 fully saturated rings. The Morgan fingerprint density at radius 1 is 1.32 bits per heavy atom. The number of amidine groups is 1. The number of carbonyl (C=O) groups is 2. The lowest BCUT2D eigenvalue weighted by Crippen LogP contribution is -2.33. The number of nitrogens with two attached hydrogens (primary N) is 1. The molecule has 1 atom stereocenters. The van der Waals surface area contributed by atoms with Crippen LogP contribution in [0.3, 0.4) is 0 Å². The van der Waals surface area contributed by atoms with Crippen molar-refractivity contribution in [1.82, 2.24) is 5.32 Å². The van der Waals surface area contributed by atoms with Crippen molar-refractivity contribution in [2.24, 2.45) is 10.9 Å². The van der Waals surface area contributed by atoms with E-state index in [0.29, 0.717) is 35.7 Å². The summed E-state index contributed by atoms with van der Waals surface area (Å²) >= 11 is 0. The second kappa shape index (κ2) is 9.92. The van der Waals surface area contributed by atoms with E-state index < -0.39 is 18.0 Å². The van der Waals surface area contributed by atoms with Gasteiger partial charge in [0.1, 0.15) is 24.4 Å². The third-order valence-electron chi connectivity index (χ3n) is 4.68. The van der Waals surface area contributed by atoms with Crippen LogP contribution >= 0.6 is 0 Å². The Labute approximate surface area is 179 Å². The highest BCUT2D eigenvalue weighted by molar-refractivity contribution is 5.90. The predicted octanol–water partition coefficient (Wildman–Crippen LogP) is 2.81. The number of anilines is 1. The number of ether oxygens (including phenoxy) is 1. The molecule has 0 aliphatic carbocycles. The van der Waals surface area contributed by atoms with Gasteiger partial charge in [-0.05, 0) is 36.2 Å². The number of rotatable bonds is 8. The average molecular weight is 428 g/mol. The van der Waals surface area contributed by atoms with Crippen molar-refractivity contribution >= 4 is 23.5 Å². The molecule has 9 heteroatoms. The van der Waals surface area contributed by atoms with Gasteiger partial charge in [0.05, 0.1) is 18.8 Å². The predicted molar refractivity (Wildman–Crippen MR) is 115 cm³/mol. The first-order valence-corrected chi connectivity index (χ1v) is 9.93. The fourth-order valence-electron chi connectivity index (χ4n) is 3.19. The van der Waals surface area contributed by atoms with E-state index >= 15 is 0 Å².